The van der Waals surface area contributed by atoms with Crippen LogP contribution in [0.5, 0.6) is 0 Å². The Morgan fingerprint density at radius 3 is 2.89 bits per heavy atom. The molecule has 0 aliphatic carbocycles. The Bertz CT molecular complexity index is 526. The number of nitrogens with zero attached hydrogens (tertiary/aromatic N) is 3. The van der Waals surface area contributed by atoms with Gasteiger partial charge in [0.05, 0.1) is 0 Å². The third kappa shape index (κ3) is 2.84. The summed E-state index contributed by atoms with van der Waals surface area (Å²) in [5.41, 5.74) is 1.09. The van der Waals surface area contributed by atoms with Crippen LogP contribution in [0, 0.1) is 5.92 Å². The molecule has 4 nitrogen and oxygen atoms in total. The van der Waals surface area contributed by atoms with Gasteiger partial charge in [-0.2, -0.15) is 5.10 Å². The first-order chi connectivity index (χ1) is 9.33. The Morgan fingerprint density at radius 2 is 2.16 bits per heavy atom. The fraction of sp³-hybridized carbons (Fsp3) is 0.467. The molecule has 1 aliphatic heterocycles. The summed E-state index contributed by atoms with van der Waals surface area (Å²) in [6.07, 6.45) is 3.51. The Morgan fingerprint density at radius 1 is 1.32 bits per heavy atom. The van der Waals surface area contributed by atoms with Crippen molar-refractivity contribution in [3.8, 4) is 11.4 Å². The lowest BCUT2D eigenvalue weighted by atomic mass is 10.0. The van der Waals surface area contributed by atoms with Gasteiger partial charge in [-0.15, -0.1) is 0 Å². The Hall–Kier alpha value is -1.68. The lowest BCUT2D eigenvalue weighted by Gasteiger charge is -2.06. The number of hydrogen-bond acceptors (Lipinski definition) is 3. The average molecular weight is 256 g/mol. The molecule has 0 spiro atoms. The van der Waals surface area contributed by atoms with E-state index in [-0.39, 0.29) is 0 Å². The maximum absolute atomic E-state index is 4.67. The maximum atomic E-state index is 4.67. The van der Waals surface area contributed by atoms with E-state index in [1.54, 1.807) is 0 Å². The molecular formula is C15H20N4. The zero-order valence-electron chi connectivity index (χ0n) is 11.3. The number of hydrogen-bond donors (Lipinski definition) is 1. The largest absolute Gasteiger partial charge is 0.316 e. The average Bonchev–Trinajstić information content (AvgIpc) is 3.07. The van der Waals surface area contributed by atoms with Crippen molar-refractivity contribution in [3.63, 3.8) is 0 Å². The van der Waals surface area contributed by atoms with Gasteiger partial charge >= 0.3 is 0 Å². The van der Waals surface area contributed by atoms with E-state index < -0.39 is 0 Å². The third-order valence-electron chi connectivity index (χ3n) is 3.82. The molecule has 3 rings (SSSR count). The standard InChI is InChI=1S/C15H20N4/c1-19-14(8-7-12-9-10-16-11-12)17-15(18-19)13-5-3-2-4-6-13/h2-6,12,16H,7-11H2,1H3. The molecule has 1 saturated heterocycles. The molecule has 1 aliphatic rings. The van der Waals surface area contributed by atoms with Crippen LogP contribution in [-0.4, -0.2) is 27.9 Å². The van der Waals surface area contributed by atoms with Gasteiger partial charge in [-0.1, -0.05) is 30.3 Å². The van der Waals surface area contributed by atoms with Crippen LogP contribution < -0.4 is 5.32 Å². The molecule has 1 atom stereocenters. The quantitative estimate of drug-likeness (QED) is 0.910. The summed E-state index contributed by atoms with van der Waals surface area (Å²) in [6.45, 7) is 2.32. The van der Waals surface area contributed by atoms with Gasteiger partial charge < -0.3 is 5.32 Å². The molecule has 1 unspecified atom stereocenters. The van der Waals surface area contributed by atoms with Crippen LogP contribution >= 0.6 is 0 Å². The highest BCUT2D eigenvalue weighted by atomic mass is 15.3. The monoisotopic (exact) mass is 256 g/mol. The molecular weight excluding hydrogens is 236 g/mol. The molecule has 1 N–H and O–H groups in total. The van der Waals surface area contributed by atoms with Crippen molar-refractivity contribution in [1.82, 2.24) is 20.1 Å². The fourth-order valence-corrected chi connectivity index (χ4v) is 2.64. The first kappa shape index (κ1) is 12.4. The SMILES string of the molecule is Cn1nc(-c2ccccc2)nc1CCC1CCNC1. The van der Waals surface area contributed by atoms with E-state index >= 15 is 0 Å². The van der Waals surface area contributed by atoms with Gasteiger partial charge in [0.1, 0.15) is 5.82 Å². The van der Waals surface area contributed by atoms with E-state index in [0.29, 0.717) is 0 Å². The first-order valence-electron chi connectivity index (χ1n) is 6.99. The van der Waals surface area contributed by atoms with Gasteiger partial charge in [0.15, 0.2) is 5.82 Å². The molecule has 19 heavy (non-hydrogen) atoms. The zero-order chi connectivity index (χ0) is 13.1. The molecule has 1 fully saturated rings. The zero-order valence-corrected chi connectivity index (χ0v) is 11.3. The first-order valence-corrected chi connectivity index (χ1v) is 6.99. The van der Waals surface area contributed by atoms with Gasteiger partial charge in [0.2, 0.25) is 0 Å². The van der Waals surface area contributed by atoms with E-state index in [4.69, 9.17) is 0 Å². The van der Waals surface area contributed by atoms with E-state index in [1.807, 2.05) is 29.9 Å². The van der Waals surface area contributed by atoms with Crippen LogP contribution in [0.4, 0.5) is 0 Å². The van der Waals surface area contributed by atoms with Crippen molar-refractivity contribution in [3.05, 3.63) is 36.2 Å². The lowest BCUT2D eigenvalue weighted by molar-refractivity contribution is 0.515. The minimum Gasteiger partial charge on any atom is -0.316 e. The second-order valence-electron chi connectivity index (χ2n) is 5.24. The van der Waals surface area contributed by atoms with Gasteiger partial charge in [-0.05, 0) is 31.8 Å². The molecule has 1 aromatic heterocycles. The van der Waals surface area contributed by atoms with Crippen molar-refractivity contribution in [2.45, 2.75) is 19.3 Å². The predicted octanol–water partition coefficient (Wildman–Crippen LogP) is 2.02. The summed E-state index contributed by atoms with van der Waals surface area (Å²) in [7, 11) is 1.99. The molecule has 1 aromatic carbocycles. The normalized spacial score (nSPS) is 18.9. The summed E-state index contributed by atoms with van der Waals surface area (Å²) in [5, 5.41) is 7.93. The fourth-order valence-electron chi connectivity index (χ4n) is 2.64. The third-order valence-corrected chi connectivity index (χ3v) is 3.82. The van der Waals surface area contributed by atoms with Crippen LogP contribution in [-0.2, 0) is 13.5 Å². The molecule has 0 bridgehead atoms. The Balaban J connectivity index is 1.70. The summed E-state index contributed by atoms with van der Waals surface area (Å²) in [6, 6.07) is 10.2. The van der Waals surface area contributed by atoms with Crippen molar-refractivity contribution < 1.29 is 0 Å². The van der Waals surface area contributed by atoms with Gasteiger partial charge in [-0.25, -0.2) is 4.98 Å². The Kier molecular flexibility index (Phi) is 3.60. The molecule has 2 heterocycles. The van der Waals surface area contributed by atoms with Crippen LogP contribution in [0.25, 0.3) is 11.4 Å². The molecule has 2 aromatic rings. The molecule has 4 heteroatoms. The smallest absolute Gasteiger partial charge is 0.181 e. The summed E-state index contributed by atoms with van der Waals surface area (Å²) in [5.74, 6) is 2.73. The highest BCUT2D eigenvalue weighted by Crippen LogP contribution is 2.18. The number of aromatic nitrogens is 3. The summed E-state index contributed by atoms with van der Waals surface area (Å²) < 4.78 is 1.92. The van der Waals surface area contributed by atoms with Crippen molar-refractivity contribution in [2.75, 3.05) is 13.1 Å². The van der Waals surface area contributed by atoms with Crippen LogP contribution in [0.1, 0.15) is 18.7 Å². The molecule has 0 saturated carbocycles. The summed E-state index contributed by atoms with van der Waals surface area (Å²) in [4.78, 5) is 4.67. The van der Waals surface area contributed by atoms with E-state index in [1.165, 1.54) is 19.4 Å². The number of benzene rings is 1. The van der Waals surface area contributed by atoms with E-state index in [0.717, 1.165) is 36.1 Å². The topological polar surface area (TPSA) is 42.7 Å². The minimum absolute atomic E-state index is 0.803. The second-order valence-corrected chi connectivity index (χ2v) is 5.24. The van der Waals surface area contributed by atoms with Gasteiger partial charge in [0, 0.05) is 19.0 Å². The summed E-state index contributed by atoms with van der Waals surface area (Å²) >= 11 is 0. The molecule has 100 valence electrons. The van der Waals surface area contributed by atoms with Crippen LogP contribution in [0.2, 0.25) is 0 Å². The van der Waals surface area contributed by atoms with E-state index in [2.05, 4.69) is 27.5 Å². The molecule has 0 radical (unpaired) electrons. The van der Waals surface area contributed by atoms with Crippen molar-refractivity contribution in [2.24, 2.45) is 13.0 Å². The molecule has 0 amide bonds. The second kappa shape index (κ2) is 5.53. The van der Waals surface area contributed by atoms with Crippen LogP contribution in [0.3, 0.4) is 0 Å². The van der Waals surface area contributed by atoms with Gasteiger partial charge in [-0.3, -0.25) is 4.68 Å². The number of aryl methyl sites for hydroxylation is 2. The van der Waals surface area contributed by atoms with Crippen LogP contribution in [0.15, 0.2) is 30.3 Å². The van der Waals surface area contributed by atoms with Crippen molar-refractivity contribution in [1.29, 1.82) is 0 Å². The maximum Gasteiger partial charge on any atom is 0.181 e. The van der Waals surface area contributed by atoms with Gasteiger partial charge in [0.25, 0.3) is 0 Å². The highest BCUT2D eigenvalue weighted by Gasteiger charge is 2.16. The lowest BCUT2D eigenvalue weighted by Crippen LogP contribution is -2.10. The number of rotatable bonds is 4. The Labute approximate surface area is 113 Å². The van der Waals surface area contributed by atoms with E-state index in [9.17, 15) is 0 Å². The minimum atomic E-state index is 0.803. The predicted molar refractivity (Wildman–Crippen MR) is 75.7 cm³/mol. The van der Waals surface area contributed by atoms with Crippen molar-refractivity contribution >= 4 is 0 Å². The number of nitrogens with one attached hydrogen (secondary N) is 1. The highest BCUT2D eigenvalue weighted by molar-refractivity contribution is 5.53.